The molecule has 0 aliphatic rings. The standard InChI is InChI=1S/C6H5FOSi/c7-9(8)6-4-2-1-3-5-6/h1-5H. The number of benzene rings is 1. The van der Waals surface area contributed by atoms with Gasteiger partial charge in [-0.15, -0.1) is 0 Å². The maximum Gasteiger partial charge on any atom is 0.517 e. The Labute approximate surface area is 54.0 Å². The third kappa shape index (κ3) is 1.53. The Morgan fingerprint density at radius 2 is 1.78 bits per heavy atom. The fraction of sp³-hybridized carbons (Fsp3) is 0. The van der Waals surface area contributed by atoms with Gasteiger partial charge in [-0.1, -0.05) is 30.3 Å². The third-order valence-electron chi connectivity index (χ3n) is 1.00. The maximum absolute atomic E-state index is 12.0. The van der Waals surface area contributed by atoms with E-state index in [9.17, 15) is 8.57 Å². The fourth-order valence-corrected chi connectivity index (χ4v) is 1.02. The molecular formula is C6H5FOSi. The van der Waals surface area contributed by atoms with Gasteiger partial charge >= 0.3 is 9.02 Å². The van der Waals surface area contributed by atoms with Crippen molar-refractivity contribution in [3.63, 3.8) is 0 Å². The maximum atomic E-state index is 12.0. The van der Waals surface area contributed by atoms with E-state index >= 15 is 0 Å². The van der Waals surface area contributed by atoms with Gasteiger partial charge in [0.15, 0.2) is 0 Å². The molecule has 46 valence electrons. The van der Waals surface area contributed by atoms with E-state index in [1.165, 1.54) is 12.1 Å². The highest BCUT2D eigenvalue weighted by Crippen LogP contribution is 1.82. The summed E-state index contributed by atoms with van der Waals surface area (Å²) in [7, 11) is -2.96. The van der Waals surface area contributed by atoms with Crippen LogP contribution in [0.4, 0.5) is 4.11 Å². The summed E-state index contributed by atoms with van der Waals surface area (Å²) in [5.41, 5.74) is 0. The summed E-state index contributed by atoms with van der Waals surface area (Å²) in [5.74, 6) is 0. The molecule has 0 bridgehead atoms. The quantitative estimate of drug-likeness (QED) is 0.416. The molecule has 0 saturated carbocycles. The highest BCUT2D eigenvalue weighted by Gasteiger charge is 2.03. The van der Waals surface area contributed by atoms with E-state index in [4.69, 9.17) is 0 Å². The molecule has 1 rings (SSSR count). The minimum Gasteiger partial charge on any atom is -0.339 e. The minimum absolute atomic E-state index is 0.294. The number of hydrogen-bond acceptors (Lipinski definition) is 1. The van der Waals surface area contributed by atoms with Crippen LogP contribution in [0.5, 0.6) is 0 Å². The van der Waals surface area contributed by atoms with Gasteiger partial charge in [-0.2, -0.15) is 0 Å². The first kappa shape index (κ1) is 6.29. The van der Waals surface area contributed by atoms with Crippen LogP contribution in [0.25, 0.3) is 0 Å². The highest BCUT2D eigenvalue weighted by atomic mass is 28.3. The third-order valence-corrected chi connectivity index (χ3v) is 1.79. The van der Waals surface area contributed by atoms with Crippen LogP contribution in [-0.4, -0.2) is 9.02 Å². The van der Waals surface area contributed by atoms with E-state index in [0.29, 0.717) is 5.19 Å². The van der Waals surface area contributed by atoms with E-state index in [1.807, 2.05) is 0 Å². The van der Waals surface area contributed by atoms with Gasteiger partial charge in [-0.05, 0) is 0 Å². The summed E-state index contributed by atoms with van der Waals surface area (Å²) < 4.78 is 22.1. The Morgan fingerprint density at radius 3 is 2.11 bits per heavy atom. The van der Waals surface area contributed by atoms with Crippen molar-refractivity contribution in [1.29, 1.82) is 0 Å². The van der Waals surface area contributed by atoms with Crippen molar-refractivity contribution in [2.45, 2.75) is 0 Å². The predicted octanol–water partition coefficient (Wildman–Crippen LogP) is 0.782. The fourth-order valence-electron chi connectivity index (χ4n) is 0.569. The van der Waals surface area contributed by atoms with Gasteiger partial charge < -0.3 is 4.46 Å². The van der Waals surface area contributed by atoms with E-state index in [0.717, 1.165) is 0 Å². The predicted molar refractivity (Wildman–Crippen MR) is 33.6 cm³/mol. The highest BCUT2D eigenvalue weighted by molar-refractivity contribution is 6.52. The topological polar surface area (TPSA) is 17.1 Å². The van der Waals surface area contributed by atoms with Crippen molar-refractivity contribution in [1.82, 2.24) is 0 Å². The first-order valence-corrected chi connectivity index (χ1v) is 3.84. The number of rotatable bonds is 1. The van der Waals surface area contributed by atoms with Crippen molar-refractivity contribution in [3.8, 4) is 0 Å². The molecule has 1 nitrogen and oxygen atoms in total. The zero-order valence-electron chi connectivity index (χ0n) is 4.67. The Kier molecular flexibility index (Phi) is 1.84. The zero-order valence-corrected chi connectivity index (χ0v) is 5.67. The van der Waals surface area contributed by atoms with Crippen LogP contribution in [0.1, 0.15) is 0 Å². The second kappa shape index (κ2) is 2.64. The summed E-state index contributed by atoms with van der Waals surface area (Å²) in [4.78, 5) is 0. The lowest BCUT2D eigenvalue weighted by molar-refractivity contribution is 0.529. The summed E-state index contributed by atoms with van der Waals surface area (Å²) >= 11 is 0. The molecule has 0 atom stereocenters. The molecule has 0 saturated heterocycles. The molecule has 3 heteroatoms. The van der Waals surface area contributed by atoms with Crippen LogP contribution in [0.3, 0.4) is 0 Å². The summed E-state index contributed by atoms with van der Waals surface area (Å²) in [6.45, 7) is 0. The molecule has 0 N–H and O–H groups in total. The smallest absolute Gasteiger partial charge is 0.339 e. The SMILES string of the molecule is O=[Si](F)c1ccccc1. The average molecular weight is 140 g/mol. The van der Waals surface area contributed by atoms with Crippen molar-refractivity contribution < 1.29 is 8.57 Å². The lowest BCUT2D eigenvalue weighted by Gasteiger charge is -1.84. The molecule has 0 fully saturated rings. The molecule has 0 aliphatic heterocycles. The van der Waals surface area contributed by atoms with Crippen LogP contribution in [0.15, 0.2) is 30.3 Å². The molecule has 0 unspecified atom stereocenters. The lowest BCUT2D eigenvalue weighted by atomic mass is 10.4. The van der Waals surface area contributed by atoms with E-state index < -0.39 is 9.02 Å². The van der Waals surface area contributed by atoms with Crippen molar-refractivity contribution >= 4 is 14.2 Å². The molecule has 1 aromatic carbocycles. The Bertz CT molecular complexity index is 210. The minimum atomic E-state index is -2.96. The molecule has 1 aromatic rings. The second-order valence-corrected chi connectivity index (χ2v) is 2.76. The van der Waals surface area contributed by atoms with Gasteiger partial charge in [0.25, 0.3) is 0 Å². The zero-order chi connectivity index (χ0) is 6.69. The molecule has 0 amide bonds. The molecule has 0 heterocycles. The second-order valence-electron chi connectivity index (χ2n) is 1.64. The van der Waals surface area contributed by atoms with E-state index in [2.05, 4.69) is 0 Å². The van der Waals surface area contributed by atoms with Gasteiger partial charge in [0.05, 0.1) is 0 Å². The molecule has 0 radical (unpaired) electrons. The Hall–Kier alpha value is -0.833. The summed E-state index contributed by atoms with van der Waals surface area (Å²) in [6, 6.07) is 8.12. The molecule has 0 aliphatic carbocycles. The van der Waals surface area contributed by atoms with Crippen LogP contribution < -0.4 is 5.19 Å². The monoisotopic (exact) mass is 140 g/mol. The normalized spacial score (nSPS) is 9.00. The Morgan fingerprint density at radius 1 is 1.22 bits per heavy atom. The van der Waals surface area contributed by atoms with Gasteiger partial charge in [0.1, 0.15) is 0 Å². The van der Waals surface area contributed by atoms with Crippen molar-refractivity contribution in [2.24, 2.45) is 0 Å². The van der Waals surface area contributed by atoms with Crippen LogP contribution >= 0.6 is 0 Å². The van der Waals surface area contributed by atoms with Gasteiger partial charge in [0.2, 0.25) is 0 Å². The molecular weight excluding hydrogens is 135 g/mol. The lowest BCUT2D eigenvalue weighted by Crippen LogP contribution is -2.14. The summed E-state index contributed by atoms with van der Waals surface area (Å²) in [5, 5.41) is 0.294. The summed E-state index contributed by atoms with van der Waals surface area (Å²) in [6.07, 6.45) is 0. The first-order chi connectivity index (χ1) is 4.30. The molecule has 9 heavy (non-hydrogen) atoms. The molecule has 0 spiro atoms. The number of halogens is 1. The van der Waals surface area contributed by atoms with E-state index in [-0.39, 0.29) is 0 Å². The van der Waals surface area contributed by atoms with Gasteiger partial charge in [0, 0.05) is 5.19 Å². The largest absolute Gasteiger partial charge is 0.517 e. The van der Waals surface area contributed by atoms with E-state index in [1.54, 1.807) is 18.2 Å². The number of hydrogen-bond donors (Lipinski definition) is 0. The first-order valence-electron chi connectivity index (χ1n) is 2.55. The van der Waals surface area contributed by atoms with Crippen LogP contribution in [0, 0.1) is 0 Å². The average Bonchev–Trinajstić information content (AvgIpc) is 1.90. The van der Waals surface area contributed by atoms with Crippen molar-refractivity contribution in [3.05, 3.63) is 30.3 Å². The van der Waals surface area contributed by atoms with Crippen LogP contribution in [0.2, 0.25) is 0 Å². The molecule has 0 aromatic heterocycles. The van der Waals surface area contributed by atoms with Crippen molar-refractivity contribution in [2.75, 3.05) is 0 Å². The van der Waals surface area contributed by atoms with Gasteiger partial charge in [-0.25, -0.2) is 4.11 Å². The Balaban J connectivity index is 2.98. The van der Waals surface area contributed by atoms with Gasteiger partial charge in [-0.3, -0.25) is 0 Å². The van der Waals surface area contributed by atoms with Crippen LogP contribution in [-0.2, 0) is 4.46 Å².